The first-order valence-electron chi connectivity index (χ1n) is 5.91. The van der Waals surface area contributed by atoms with E-state index in [0.717, 1.165) is 5.69 Å². The predicted molar refractivity (Wildman–Crippen MR) is 83.6 cm³/mol. The van der Waals surface area contributed by atoms with Crippen LogP contribution in [0.4, 0.5) is 5.69 Å². The molecule has 5 heteroatoms. The highest BCUT2D eigenvalue weighted by atomic mass is 35.5. The number of hydrogen-bond acceptors (Lipinski definition) is 3. The van der Waals surface area contributed by atoms with Gasteiger partial charge < -0.3 is 10.6 Å². The molecule has 0 spiro atoms. The molecule has 3 N–H and O–H groups in total. The number of halogens is 1. The van der Waals surface area contributed by atoms with E-state index >= 15 is 0 Å². The quantitative estimate of drug-likeness (QED) is 0.664. The second-order valence-electron chi connectivity index (χ2n) is 4.35. The molecule has 100 valence electrons. The summed E-state index contributed by atoms with van der Waals surface area (Å²) in [6, 6.07) is 9.91. The van der Waals surface area contributed by atoms with Gasteiger partial charge in [0.2, 0.25) is 0 Å². The molecule has 0 aliphatic rings. The first-order chi connectivity index (χ1) is 9.02. The lowest BCUT2D eigenvalue weighted by molar-refractivity contribution is 0.753. The van der Waals surface area contributed by atoms with Crippen molar-refractivity contribution >= 4 is 34.5 Å². The number of benzene rings is 1. The maximum Gasteiger partial charge on any atom is 0.126 e. The summed E-state index contributed by atoms with van der Waals surface area (Å²) in [5.41, 5.74) is 7.12. The van der Waals surface area contributed by atoms with Crippen LogP contribution in [0.3, 0.4) is 0 Å². The molecule has 1 aromatic carbocycles. The van der Waals surface area contributed by atoms with Gasteiger partial charge in [-0.05, 0) is 30.5 Å². The Morgan fingerprint density at radius 2 is 2.11 bits per heavy atom. The van der Waals surface area contributed by atoms with Crippen LogP contribution in [-0.4, -0.2) is 12.9 Å². The van der Waals surface area contributed by atoms with Gasteiger partial charge in [0, 0.05) is 17.6 Å². The van der Waals surface area contributed by atoms with Crippen molar-refractivity contribution < 1.29 is 0 Å². The van der Waals surface area contributed by atoms with Crippen LogP contribution in [0.1, 0.15) is 23.4 Å². The van der Waals surface area contributed by atoms with E-state index in [9.17, 15) is 0 Å². The summed E-state index contributed by atoms with van der Waals surface area (Å²) in [6.45, 7) is 2.12. The normalized spacial score (nSPS) is 12.2. The smallest absolute Gasteiger partial charge is 0.126 e. The lowest BCUT2D eigenvalue weighted by Gasteiger charge is -2.28. The van der Waals surface area contributed by atoms with Crippen LogP contribution in [-0.2, 0) is 0 Å². The maximum absolute atomic E-state index is 7.70. The summed E-state index contributed by atoms with van der Waals surface area (Å²) in [5, 5.41) is 10.3. The van der Waals surface area contributed by atoms with Gasteiger partial charge in [0.25, 0.3) is 0 Å². The summed E-state index contributed by atoms with van der Waals surface area (Å²) in [5.74, 6) is -0.00849. The second-order valence-corrected chi connectivity index (χ2v) is 5.74. The van der Waals surface area contributed by atoms with Crippen molar-refractivity contribution in [1.29, 1.82) is 5.41 Å². The fourth-order valence-electron chi connectivity index (χ4n) is 2.00. The third kappa shape index (κ3) is 2.74. The van der Waals surface area contributed by atoms with Crippen LogP contribution in [0.25, 0.3) is 0 Å². The fraction of sp³-hybridized carbons (Fsp3) is 0.214. The Kier molecular flexibility index (Phi) is 4.12. The number of hydrogen-bond donors (Lipinski definition) is 2. The number of thiophene rings is 1. The summed E-state index contributed by atoms with van der Waals surface area (Å²) in [6.07, 6.45) is 0. The number of anilines is 1. The number of amidine groups is 1. The molecule has 3 nitrogen and oxygen atoms in total. The first-order valence-corrected chi connectivity index (χ1v) is 7.17. The minimum atomic E-state index is -0.00849. The first kappa shape index (κ1) is 13.9. The molecular weight excluding hydrogens is 278 g/mol. The van der Waals surface area contributed by atoms with Crippen molar-refractivity contribution in [1.82, 2.24) is 0 Å². The summed E-state index contributed by atoms with van der Waals surface area (Å²) < 4.78 is 0. The van der Waals surface area contributed by atoms with E-state index in [1.807, 2.05) is 25.2 Å². The van der Waals surface area contributed by atoms with Crippen molar-refractivity contribution in [2.75, 3.05) is 11.9 Å². The van der Waals surface area contributed by atoms with E-state index in [0.29, 0.717) is 10.6 Å². The molecule has 1 atom stereocenters. The number of nitrogens with zero attached hydrogens (tertiary/aromatic N) is 1. The molecule has 1 heterocycles. The Morgan fingerprint density at radius 1 is 1.37 bits per heavy atom. The van der Waals surface area contributed by atoms with Crippen molar-refractivity contribution in [2.45, 2.75) is 13.0 Å². The molecule has 1 aromatic heterocycles. The van der Waals surface area contributed by atoms with Gasteiger partial charge >= 0.3 is 0 Å². The van der Waals surface area contributed by atoms with Gasteiger partial charge in [0.1, 0.15) is 5.84 Å². The molecule has 0 aliphatic heterocycles. The number of nitrogens with two attached hydrogens (primary N) is 1. The molecule has 1 unspecified atom stereocenters. The topological polar surface area (TPSA) is 53.1 Å². The zero-order valence-electron chi connectivity index (χ0n) is 10.9. The fourth-order valence-corrected chi connectivity index (χ4v) is 3.10. The van der Waals surface area contributed by atoms with Crippen LogP contribution in [0, 0.1) is 5.41 Å². The van der Waals surface area contributed by atoms with Gasteiger partial charge in [-0.3, -0.25) is 5.41 Å². The third-order valence-corrected chi connectivity index (χ3v) is 4.53. The van der Waals surface area contributed by atoms with Crippen LogP contribution < -0.4 is 10.6 Å². The predicted octanol–water partition coefficient (Wildman–Crippen LogP) is 3.88. The zero-order chi connectivity index (χ0) is 14.0. The van der Waals surface area contributed by atoms with Crippen molar-refractivity contribution in [2.24, 2.45) is 5.73 Å². The van der Waals surface area contributed by atoms with E-state index in [2.05, 4.69) is 23.3 Å². The minimum absolute atomic E-state index is 0.00849. The Morgan fingerprint density at radius 3 is 2.68 bits per heavy atom. The van der Waals surface area contributed by atoms with E-state index in [1.54, 1.807) is 17.4 Å². The number of nitrogens with one attached hydrogen (secondary N) is 1. The van der Waals surface area contributed by atoms with Crippen LogP contribution in [0.15, 0.2) is 35.7 Å². The summed E-state index contributed by atoms with van der Waals surface area (Å²) in [4.78, 5) is 3.35. The SMILES string of the molecule is CC(c1cccs1)N(C)c1cccc(Cl)c1C(=N)N. The van der Waals surface area contributed by atoms with Crippen LogP contribution >= 0.6 is 22.9 Å². The Hall–Kier alpha value is -1.52. The van der Waals surface area contributed by atoms with E-state index in [1.165, 1.54) is 4.88 Å². The van der Waals surface area contributed by atoms with Gasteiger partial charge in [-0.1, -0.05) is 23.7 Å². The number of rotatable bonds is 4. The van der Waals surface area contributed by atoms with E-state index in [4.69, 9.17) is 22.7 Å². The van der Waals surface area contributed by atoms with Crippen LogP contribution in [0.5, 0.6) is 0 Å². The molecule has 0 saturated heterocycles. The van der Waals surface area contributed by atoms with E-state index < -0.39 is 0 Å². The molecule has 0 radical (unpaired) electrons. The molecule has 0 saturated carbocycles. The molecule has 0 aliphatic carbocycles. The van der Waals surface area contributed by atoms with Gasteiger partial charge in [-0.2, -0.15) is 0 Å². The lowest BCUT2D eigenvalue weighted by Crippen LogP contribution is -2.25. The van der Waals surface area contributed by atoms with Crippen molar-refractivity contribution in [3.8, 4) is 0 Å². The summed E-state index contributed by atoms with van der Waals surface area (Å²) >= 11 is 7.87. The van der Waals surface area contributed by atoms with Gasteiger partial charge in [0.05, 0.1) is 16.6 Å². The Balaban J connectivity index is 2.42. The van der Waals surface area contributed by atoms with E-state index in [-0.39, 0.29) is 11.9 Å². The highest BCUT2D eigenvalue weighted by molar-refractivity contribution is 7.10. The monoisotopic (exact) mass is 293 g/mol. The highest BCUT2D eigenvalue weighted by Gasteiger charge is 2.18. The average Bonchev–Trinajstić information content (AvgIpc) is 2.90. The van der Waals surface area contributed by atoms with Crippen molar-refractivity contribution in [3.63, 3.8) is 0 Å². The van der Waals surface area contributed by atoms with Gasteiger partial charge in [0.15, 0.2) is 0 Å². The second kappa shape index (κ2) is 5.63. The highest BCUT2D eigenvalue weighted by Crippen LogP contribution is 2.33. The molecule has 0 bridgehead atoms. The molecule has 2 aromatic rings. The molecular formula is C14H16ClN3S. The zero-order valence-corrected chi connectivity index (χ0v) is 12.4. The van der Waals surface area contributed by atoms with Crippen molar-refractivity contribution in [3.05, 3.63) is 51.2 Å². The molecule has 19 heavy (non-hydrogen) atoms. The Bertz CT molecular complexity index is 580. The molecule has 2 rings (SSSR count). The molecule has 0 amide bonds. The Labute approximate surface area is 122 Å². The lowest BCUT2D eigenvalue weighted by atomic mass is 10.1. The van der Waals surface area contributed by atoms with Gasteiger partial charge in [-0.25, -0.2) is 0 Å². The standard InChI is InChI=1S/C14H16ClN3S/c1-9(12-7-4-8-19-12)18(2)11-6-3-5-10(15)13(11)14(16)17/h3-9H,1-2H3,(H3,16,17). The number of nitrogen functional groups attached to an aromatic ring is 1. The van der Waals surface area contributed by atoms with Gasteiger partial charge in [-0.15, -0.1) is 11.3 Å². The minimum Gasteiger partial charge on any atom is -0.384 e. The third-order valence-electron chi connectivity index (χ3n) is 3.18. The molecule has 0 fully saturated rings. The average molecular weight is 294 g/mol. The largest absolute Gasteiger partial charge is 0.384 e. The summed E-state index contributed by atoms with van der Waals surface area (Å²) in [7, 11) is 1.99. The maximum atomic E-state index is 7.70. The van der Waals surface area contributed by atoms with Crippen LogP contribution in [0.2, 0.25) is 5.02 Å².